The lowest BCUT2D eigenvalue weighted by molar-refractivity contribution is -0.135. The number of esters is 1. The predicted molar refractivity (Wildman–Crippen MR) is 130 cm³/mol. The topological polar surface area (TPSA) is 26.3 Å². The van der Waals surface area contributed by atoms with Crippen molar-refractivity contribution in [3.05, 3.63) is 124 Å². The molecule has 2 heteroatoms. The van der Waals surface area contributed by atoms with Gasteiger partial charge in [-0.1, -0.05) is 92.8 Å². The Morgan fingerprint density at radius 2 is 1.68 bits per heavy atom. The average Bonchev–Trinajstić information content (AvgIpc) is 3.02. The first-order chi connectivity index (χ1) is 14.9. The molecule has 0 amide bonds. The highest BCUT2D eigenvalue weighted by Crippen LogP contribution is 2.37. The number of hydrogen-bond donors (Lipinski definition) is 0. The molecule has 1 aromatic carbocycles. The molecule has 2 aliphatic rings. The highest BCUT2D eigenvalue weighted by molar-refractivity contribution is 5.96. The Kier molecular flexibility index (Phi) is 7.25. The third-order valence-electron chi connectivity index (χ3n) is 5.58. The quantitative estimate of drug-likeness (QED) is 0.383. The highest BCUT2D eigenvalue weighted by atomic mass is 16.5. The van der Waals surface area contributed by atoms with Crippen molar-refractivity contribution in [1.82, 2.24) is 0 Å². The number of carbonyl (C=O) groups is 1. The van der Waals surface area contributed by atoms with Gasteiger partial charge < -0.3 is 4.74 Å². The van der Waals surface area contributed by atoms with E-state index in [1.165, 1.54) is 12.7 Å². The molecule has 0 atom stereocenters. The Bertz CT molecular complexity index is 1090. The molecule has 158 valence electrons. The summed E-state index contributed by atoms with van der Waals surface area (Å²) in [6.07, 6.45) is 18.6. The van der Waals surface area contributed by atoms with E-state index < -0.39 is 0 Å². The van der Waals surface area contributed by atoms with Crippen LogP contribution in [-0.2, 0) is 9.53 Å². The zero-order valence-corrected chi connectivity index (χ0v) is 19.0. The minimum absolute atomic E-state index is 0.320. The van der Waals surface area contributed by atoms with E-state index in [0.29, 0.717) is 11.5 Å². The lowest BCUT2D eigenvalue weighted by atomic mass is 9.88. The SMILES string of the molecule is COC(=O)C1=C2C(C)=CC=C(C(C)C)C=C2C(C)=C(/C=C/C=C/c2ccccc2)C=C1. The summed E-state index contributed by atoms with van der Waals surface area (Å²) in [6.45, 7) is 8.54. The Labute approximate surface area is 186 Å². The maximum atomic E-state index is 12.6. The van der Waals surface area contributed by atoms with Crippen LogP contribution in [0.3, 0.4) is 0 Å². The lowest BCUT2D eigenvalue weighted by Gasteiger charge is -2.16. The third kappa shape index (κ3) is 5.21. The summed E-state index contributed by atoms with van der Waals surface area (Å²) >= 11 is 0. The number of hydrogen-bond acceptors (Lipinski definition) is 2. The summed E-state index contributed by atoms with van der Waals surface area (Å²) in [4.78, 5) is 12.6. The van der Waals surface area contributed by atoms with Crippen molar-refractivity contribution in [3.8, 4) is 0 Å². The van der Waals surface area contributed by atoms with Crippen LogP contribution in [0.4, 0.5) is 0 Å². The van der Waals surface area contributed by atoms with Gasteiger partial charge in [0, 0.05) is 0 Å². The van der Waals surface area contributed by atoms with Crippen LogP contribution in [0.5, 0.6) is 0 Å². The number of rotatable bonds is 5. The molecule has 0 bridgehead atoms. The van der Waals surface area contributed by atoms with Crippen molar-refractivity contribution >= 4 is 12.0 Å². The monoisotopic (exact) mass is 410 g/mol. The molecule has 2 aliphatic carbocycles. The van der Waals surface area contributed by atoms with Gasteiger partial charge in [-0.05, 0) is 64.8 Å². The fourth-order valence-electron chi connectivity index (χ4n) is 3.70. The summed E-state index contributed by atoms with van der Waals surface area (Å²) < 4.78 is 5.11. The highest BCUT2D eigenvalue weighted by Gasteiger charge is 2.24. The second-order valence-electron chi connectivity index (χ2n) is 8.05. The number of benzene rings is 1. The fourth-order valence-corrected chi connectivity index (χ4v) is 3.70. The fraction of sp³-hybridized carbons (Fsp3) is 0.207. The molecule has 0 saturated carbocycles. The first-order valence-electron chi connectivity index (χ1n) is 10.6. The van der Waals surface area contributed by atoms with Gasteiger partial charge in [0.2, 0.25) is 0 Å². The molecule has 3 rings (SSSR count). The van der Waals surface area contributed by atoms with Crippen LogP contribution in [0.15, 0.2) is 118 Å². The van der Waals surface area contributed by atoms with E-state index in [4.69, 9.17) is 4.74 Å². The van der Waals surface area contributed by atoms with Crippen LogP contribution < -0.4 is 0 Å². The predicted octanol–water partition coefficient (Wildman–Crippen LogP) is 7.08. The standard InChI is InChI=1S/C29H30O2/c1-20(2)25-16-15-21(3)28-26(29(30)31-5)18-17-24(22(4)27(28)19-25)14-10-9-13-23-11-7-6-8-12-23/h6-20H,1-5H3/b13-9+,14-10+. The van der Waals surface area contributed by atoms with E-state index in [-0.39, 0.29) is 5.97 Å². The molecule has 0 heterocycles. The second-order valence-corrected chi connectivity index (χ2v) is 8.05. The maximum Gasteiger partial charge on any atom is 0.338 e. The van der Waals surface area contributed by atoms with Gasteiger partial charge in [0.25, 0.3) is 0 Å². The first-order valence-corrected chi connectivity index (χ1v) is 10.6. The van der Waals surface area contributed by atoms with E-state index in [9.17, 15) is 4.79 Å². The summed E-state index contributed by atoms with van der Waals surface area (Å²) in [5.74, 6) is 0.0641. The van der Waals surface area contributed by atoms with Crippen LogP contribution in [0, 0.1) is 5.92 Å². The molecule has 0 unspecified atom stereocenters. The Balaban J connectivity index is 2.07. The number of allylic oxidation sites excluding steroid dienone is 13. The van der Waals surface area contributed by atoms with E-state index in [1.54, 1.807) is 0 Å². The van der Waals surface area contributed by atoms with Crippen molar-refractivity contribution in [3.63, 3.8) is 0 Å². The van der Waals surface area contributed by atoms with Crippen molar-refractivity contribution in [2.75, 3.05) is 7.11 Å². The average molecular weight is 411 g/mol. The minimum atomic E-state index is -0.320. The van der Waals surface area contributed by atoms with Crippen molar-refractivity contribution in [1.29, 1.82) is 0 Å². The van der Waals surface area contributed by atoms with Gasteiger partial charge in [-0.2, -0.15) is 0 Å². The Morgan fingerprint density at radius 1 is 0.968 bits per heavy atom. The maximum absolute atomic E-state index is 12.6. The zero-order valence-electron chi connectivity index (χ0n) is 19.0. The molecule has 0 aliphatic heterocycles. The van der Waals surface area contributed by atoms with E-state index in [1.807, 2.05) is 42.5 Å². The van der Waals surface area contributed by atoms with Crippen LogP contribution in [-0.4, -0.2) is 13.1 Å². The second kappa shape index (κ2) is 10.1. The van der Waals surface area contributed by atoms with Crippen molar-refractivity contribution in [2.24, 2.45) is 5.92 Å². The van der Waals surface area contributed by atoms with E-state index in [2.05, 4.69) is 70.2 Å². The third-order valence-corrected chi connectivity index (χ3v) is 5.58. The molecule has 31 heavy (non-hydrogen) atoms. The van der Waals surface area contributed by atoms with E-state index in [0.717, 1.165) is 33.4 Å². The van der Waals surface area contributed by atoms with Gasteiger partial charge in [0.05, 0.1) is 12.7 Å². The molecule has 0 spiro atoms. The van der Waals surface area contributed by atoms with E-state index >= 15 is 0 Å². The number of fused-ring (bicyclic) bond motifs is 1. The summed E-state index contributed by atoms with van der Waals surface area (Å²) in [6, 6.07) is 10.2. The van der Waals surface area contributed by atoms with Crippen molar-refractivity contribution < 1.29 is 9.53 Å². The summed E-state index contributed by atoms with van der Waals surface area (Å²) in [7, 11) is 1.43. The number of carbonyl (C=O) groups excluding carboxylic acids is 1. The summed E-state index contributed by atoms with van der Waals surface area (Å²) in [5.41, 5.74) is 8.25. The molecule has 1 aromatic rings. The molecular formula is C29H30O2. The zero-order chi connectivity index (χ0) is 22.4. The smallest absolute Gasteiger partial charge is 0.338 e. The summed E-state index contributed by atoms with van der Waals surface area (Å²) in [5, 5.41) is 0. The molecular weight excluding hydrogens is 380 g/mol. The van der Waals surface area contributed by atoms with Crippen LogP contribution in [0.2, 0.25) is 0 Å². The Morgan fingerprint density at radius 3 is 2.35 bits per heavy atom. The molecule has 0 saturated heterocycles. The van der Waals surface area contributed by atoms with Crippen LogP contribution >= 0.6 is 0 Å². The number of methoxy groups -OCH3 is 1. The molecule has 2 nitrogen and oxygen atoms in total. The normalized spacial score (nSPS) is 16.9. The van der Waals surface area contributed by atoms with Crippen LogP contribution in [0.25, 0.3) is 6.08 Å². The molecule has 0 radical (unpaired) electrons. The number of ether oxygens (including phenoxy) is 1. The lowest BCUT2D eigenvalue weighted by Crippen LogP contribution is -2.08. The molecule has 0 aromatic heterocycles. The van der Waals surface area contributed by atoms with Gasteiger partial charge >= 0.3 is 5.97 Å². The van der Waals surface area contributed by atoms with Gasteiger partial charge in [-0.25, -0.2) is 4.79 Å². The van der Waals surface area contributed by atoms with Crippen molar-refractivity contribution in [2.45, 2.75) is 27.7 Å². The van der Waals surface area contributed by atoms with Crippen LogP contribution in [0.1, 0.15) is 33.3 Å². The van der Waals surface area contributed by atoms with Gasteiger partial charge in [-0.15, -0.1) is 0 Å². The van der Waals surface area contributed by atoms with Gasteiger partial charge in [0.15, 0.2) is 0 Å². The largest absolute Gasteiger partial charge is 0.465 e. The Hall–Kier alpha value is -3.39. The first kappa shape index (κ1) is 22.3. The molecule has 0 fully saturated rings. The van der Waals surface area contributed by atoms with Gasteiger partial charge in [0.1, 0.15) is 0 Å². The molecule has 0 N–H and O–H groups in total. The minimum Gasteiger partial charge on any atom is -0.465 e. The van der Waals surface area contributed by atoms with Gasteiger partial charge in [-0.3, -0.25) is 0 Å².